The number of methoxy groups -OCH3 is 1. The lowest BCUT2D eigenvalue weighted by Gasteiger charge is -2.10. The second kappa shape index (κ2) is 10.1. The summed E-state index contributed by atoms with van der Waals surface area (Å²) in [7, 11) is 1.49. The fourth-order valence-corrected chi connectivity index (χ4v) is 2.14. The van der Waals surface area contributed by atoms with Crippen molar-refractivity contribution >= 4 is 29.5 Å². The van der Waals surface area contributed by atoms with E-state index in [9.17, 15) is 4.79 Å². The summed E-state index contributed by atoms with van der Waals surface area (Å²) >= 11 is 4.67. The molecule has 0 fully saturated rings. The van der Waals surface area contributed by atoms with Crippen LogP contribution < -0.4 is 25.4 Å². The highest BCUT2D eigenvalue weighted by Gasteiger charge is 2.13. The SMILES string of the molecule is CCCOc1ccc(C(=O)Oc2ccc(C=NNC(N)=S)cc2OC)cc1. The van der Waals surface area contributed by atoms with Gasteiger partial charge in [-0.1, -0.05) is 6.92 Å². The van der Waals surface area contributed by atoms with Gasteiger partial charge in [0.05, 0.1) is 25.5 Å². The van der Waals surface area contributed by atoms with Crippen LogP contribution in [0.3, 0.4) is 0 Å². The molecule has 27 heavy (non-hydrogen) atoms. The van der Waals surface area contributed by atoms with E-state index < -0.39 is 5.97 Å². The van der Waals surface area contributed by atoms with E-state index in [0.29, 0.717) is 35.0 Å². The number of esters is 1. The molecule has 0 bridgehead atoms. The zero-order valence-electron chi connectivity index (χ0n) is 15.1. The van der Waals surface area contributed by atoms with Gasteiger partial charge in [-0.05, 0) is 66.7 Å². The Morgan fingerprint density at radius 1 is 1.22 bits per heavy atom. The van der Waals surface area contributed by atoms with Crippen LogP contribution in [-0.4, -0.2) is 31.0 Å². The number of hydrazone groups is 1. The molecule has 0 spiro atoms. The minimum Gasteiger partial charge on any atom is -0.494 e. The fraction of sp³-hybridized carbons (Fsp3) is 0.211. The third-order valence-electron chi connectivity index (χ3n) is 3.34. The Morgan fingerprint density at radius 3 is 2.59 bits per heavy atom. The van der Waals surface area contributed by atoms with Crippen molar-refractivity contribution < 1.29 is 19.0 Å². The van der Waals surface area contributed by atoms with Crippen LogP contribution in [0, 0.1) is 0 Å². The van der Waals surface area contributed by atoms with E-state index in [1.54, 1.807) is 42.5 Å². The first-order valence-electron chi connectivity index (χ1n) is 8.25. The summed E-state index contributed by atoms with van der Waals surface area (Å²) in [5.74, 6) is 0.908. The third kappa shape index (κ3) is 6.27. The van der Waals surface area contributed by atoms with E-state index in [1.165, 1.54) is 13.3 Å². The minimum atomic E-state index is -0.494. The molecular weight excluding hydrogens is 366 g/mol. The molecule has 2 aromatic carbocycles. The number of carbonyl (C=O) groups is 1. The molecule has 0 unspecified atom stereocenters. The van der Waals surface area contributed by atoms with Gasteiger partial charge in [-0.3, -0.25) is 5.43 Å². The monoisotopic (exact) mass is 387 g/mol. The molecule has 0 aliphatic heterocycles. The van der Waals surface area contributed by atoms with Crippen LogP contribution in [0.25, 0.3) is 0 Å². The molecule has 2 rings (SSSR count). The average molecular weight is 387 g/mol. The number of rotatable bonds is 8. The van der Waals surface area contributed by atoms with Gasteiger partial charge in [0.25, 0.3) is 0 Å². The Labute approximate surface area is 163 Å². The fourth-order valence-electron chi connectivity index (χ4n) is 2.09. The molecule has 0 aliphatic carbocycles. The smallest absolute Gasteiger partial charge is 0.343 e. The molecule has 0 heterocycles. The zero-order chi connectivity index (χ0) is 19.6. The van der Waals surface area contributed by atoms with Gasteiger partial charge in [0.1, 0.15) is 5.75 Å². The molecule has 0 atom stereocenters. The van der Waals surface area contributed by atoms with E-state index in [2.05, 4.69) is 22.7 Å². The van der Waals surface area contributed by atoms with Crippen LogP contribution in [0.1, 0.15) is 29.3 Å². The summed E-state index contributed by atoms with van der Waals surface area (Å²) in [4.78, 5) is 12.4. The Hall–Kier alpha value is -3.13. The molecular formula is C19H21N3O4S. The molecule has 0 saturated heterocycles. The van der Waals surface area contributed by atoms with Gasteiger partial charge < -0.3 is 19.9 Å². The quantitative estimate of drug-likeness (QED) is 0.236. The highest BCUT2D eigenvalue weighted by atomic mass is 32.1. The molecule has 0 aromatic heterocycles. The zero-order valence-corrected chi connectivity index (χ0v) is 15.9. The summed E-state index contributed by atoms with van der Waals surface area (Å²) < 4.78 is 16.2. The molecule has 0 aliphatic rings. The van der Waals surface area contributed by atoms with Gasteiger partial charge in [-0.25, -0.2) is 4.79 Å². The summed E-state index contributed by atoms with van der Waals surface area (Å²) in [6.07, 6.45) is 2.43. The number of ether oxygens (including phenoxy) is 3. The first-order chi connectivity index (χ1) is 13.0. The number of thiocarbonyl (C=S) groups is 1. The van der Waals surface area contributed by atoms with Gasteiger partial charge in [-0.15, -0.1) is 0 Å². The average Bonchev–Trinajstić information content (AvgIpc) is 2.67. The van der Waals surface area contributed by atoms with E-state index in [0.717, 1.165) is 6.42 Å². The highest BCUT2D eigenvalue weighted by Crippen LogP contribution is 2.28. The molecule has 2 aromatic rings. The molecule has 0 saturated carbocycles. The lowest BCUT2D eigenvalue weighted by molar-refractivity contribution is 0.0729. The summed E-state index contributed by atoms with van der Waals surface area (Å²) in [6.45, 7) is 2.66. The molecule has 142 valence electrons. The maximum Gasteiger partial charge on any atom is 0.343 e. The van der Waals surface area contributed by atoms with Crippen molar-refractivity contribution in [2.75, 3.05) is 13.7 Å². The summed E-state index contributed by atoms with van der Waals surface area (Å²) in [6, 6.07) is 11.8. The van der Waals surface area contributed by atoms with Crippen LogP contribution in [0.2, 0.25) is 0 Å². The van der Waals surface area contributed by atoms with Crippen molar-refractivity contribution in [1.82, 2.24) is 5.43 Å². The number of hydrogen-bond donors (Lipinski definition) is 2. The Kier molecular flexibility index (Phi) is 7.57. The van der Waals surface area contributed by atoms with E-state index in [1.807, 2.05) is 6.92 Å². The number of nitrogens with two attached hydrogens (primary N) is 1. The number of hydrogen-bond acceptors (Lipinski definition) is 6. The number of benzene rings is 2. The van der Waals surface area contributed by atoms with Crippen LogP contribution in [0.15, 0.2) is 47.6 Å². The van der Waals surface area contributed by atoms with Gasteiger partial charge in [0.15, 0.2) is 16.6 Å². The Morgan fingerprint density at radius 2 is 1.96 bits per heavy atom. The van der Waals surface area contributed by atoms with Gasteiger partial charge in [0.2, 0.25) is 0 Å². The lowest BCUT2D eigenvalue weighted by atomic mass is 10.2. The topological polar surface area (TPSA) is 95.2 Å². The van der Waals surface area contributed by atoms with Crippen LogP contribution in [0.5, 0.6) is 17.2 Å². The molecule has 0 radical (unpaired) electrons. The first-order valence-corrected chi connectivity index (χ1v) is 8.66. The van der Waals surface area contributed by atoms with Crippen LogP contribution >= 0.6 is 12.2 Å². The van der Waals surface area contributed by atoms with Crippen molar-refractivity contribution in [3.05, 3.63) is 53.6 Å². The number of carbonyl (C=O) groups excluding carboxylic acids is 1. The van der Waals surface area contributed by atoms with Gasteiger partial charge in [-0.2, -0.15) is 5.10 Å². The lowest BCUT2D eigenvalue weighted by Crippen LogP contribution is -2.23. The number of nitrogens with one attached hydrogen (secondary N) is 1. The largest absolute Gasteiger partial charge is 0.494 e. The maximum absolute atomic E-state index is 12.4. The first kappa shape index (κ1) is 20.2. The summed E-state index contributed by atoms with van der Waals surface area (Å²) in [5, 5.41) is 3.93. The molecule has 3 N–H and O–H groups in total. The third-order valence-corrected chi connectivity index (χ3v) is 3.43. The van der Waals surface area contributed by atoms with E-state index in [4.69, 9.17) is 19.9 Å². The Balaban J connectivity index is 2.08. The Bertz CT molecular complexity index is 822. The van der Waals surface area contributed by atoms with Crippen molar-refractivity contribution in [1.29, 1.82) is 0 Å². The second-order valence-electron chi connectivity index (χ2n) is 5.41. The highest BCUT2D eigenvalue weighted by molar-refractivity contribution is 7.80. The second-order valence-corrected chi connectivity index (χ2v) is 5.85. The van der Waals surface area contributed by atoms with Crippen molar-refractivity contribution in [3.8, 4) is 17.2 Å². The molecule has 7 nitrogen and oxygen atoms in total. The van der Waals surface area contributed by atoms with Gasteiger partial charge >= 0.3 is 5.97 Å². The van der Waals surface area contributed by atoms with Crippen molar-refractivity contribution in [2.24, 2.45) is 10.8 Å². The molecule has 0 amide bonds. The maximum atomic E-state index is 12.4. The standard InChI is InChI=1S/C19H21N3O4S/c1-3-10-25-15-7-5-14(6-8-15)18(23)26-16-9-4-13(11-17(16)24-2)12-21-22-19(20)27/h4-9,11-12H,3,10H2,1-2H3,(H3,20,22,27). The van der Waals surface area contributed by atoms with Crippen LogP contribution in [-0.2, 0) is 0 Å². The number of nitrogens with zero attached hydrogens (tertiary/aromatic N) is 1. The predicted octanol–water partition coefficient (Wildman–Crippen LogP) is 2.87. The van der Waals surface area contributed by atoms with E-state index in [-0.39, 0.29) is 5.11 Å². The van der Waals surface area contributed by atoms with E-state index >= 15 is 0 Å². The molecule has 8 heteroatoms. The predicted molar refractivity (Wildman–Crippen MR) is 108 cm³/mol. The summed E-state index contributed by atoms with van der Waals surface area (Å²) in [5.41, 5.74) is 8.88. The van der Waals surface area contributed by atoms with Gasteiger partial charge in [0, 0.05) is 0 Å². The van der Waals surface area contributed by atoms with Crippen LogP contribution in [0.4, 0.5) is 0 Å². The van der Waals surface area contributed by atoms with Crippen molar-refractivity contribution in [3.63, 3.8) is 0 Å². The minimum absolute atomic E-state index is 0.0647. The normalized spacial score (nSPS) is 10.4. The van der Waals surface area contributed by atoms with Crippen molar-refractivity contribution in [2.45, 2.75) is 13.3 Å².